The lowest BCUT2D eigenvalue weighted by Crippen LogP contribution is -2.13. The fraction of sp³-hybridized carbons (Fsp3) is 0.278. The van der Waals surface area contributed by atoms with Gasteiger partial charge in [-0.3, -0.25) is 9.67 Å². The molecule has 3 aromatic rings. The van der Waals surface area contributed by atoms with Crippen LogP contribution in [-0.4, -0.2) is 20.9 Å². The highest BCUT2D eigenvalue weighted by atomic mass is 16.5. The van der Waals surface area contributed by atoms with Gasteiger partial charge in [-0.2, -0.15) is 5.10 Å². The number of benzene rings is 1. The molecule has 0 bridgehead atoms. The molecule has 4 heteroatoms. The minimum atomic E-state index is 0.0445. The summed E-state index contributed by atoms with van der Waals surface area (Å²) in [6.45, 7) is 8.14. The van der Waals surface area contributed by atoms with Gasteiger partial charge in [-0.05, 0) is 38.0 Å². The van der Waals surface area contributed by atoms with Crippen molar-refractivity contribution in [2.75, 3.05) is 0 Å². The summed E-state index contributed by atoms with van der Waals surface area (Å²) in [5.41, 5.74) is 2.11. The molecule has 0 amide bonds. The first-order chi connectivity index (χ1) is 10.7. The van der Waals surface area contributed by atoms with E-state index in [9.17, 15) is 0 Å². The van der Waals surface area contributed by atoms with Crippen LogP contribution in [0.25, 0.3) is 10.9 Å². The van der Waals surface area contributed by atoms with Crippen LogP contribution < -0.4 is 4.74 Å². The molecule has 0 spiro atoms. The molecule has 0 saturated heterocycles. The van der Waals surface area contributed by atoms with E-state index in [2.05, 4.69) is 29.1 Å². The molecule has 22 heavy (non-hydrogen) atoms. The zero-order chi connectivity index (χ0) is 15.5. The Labute approximate surface area is 130 Å². The standard InChI is InChI=1S/C18H20N3O/c1-4-16(14-8-6-10-19-11-14)21-18-15(12-20-21)7-5-9-17(18)22-13(2)3/h5-13,16H,1,4H2,2-3H3. The van der Waals surface area contributed by atoms with Crippen LogP contribution in [0.5, 0.6) is 5.75 Å². The molecule has 0 aliphatic heterocycles. The first kappa shape index (κ1) is 14.6. The predicted molar refractivity (Wildman–Crippen MR) is 87.8 cm³/mol. The number of pyridine rings is 1. The maximum absolute atomic E-state index is 5.96. The molecule has 1 unspecified atom stereocenters. The monoisotopic (exact) mass is 294 g/mol. The van der Waals surface area contributed by atoms with Gasteiger partial charge in [0.25, 0.3) is 0 Å². The second-order valence-electron chi connectivity index (χ2n) is 5.54. The highest BCUT2D eigenvalue weighted by molar-refractivity contribution is 5.85. The maximum Gasteiger partial charge on any atom is 0.145 e. The lowest BCUT2D eigenvalue weighted by Gasteiger charge is -2.19. The summed E-state index contributed by atoms with van der Waals surface area (Å²) in [4.78, 5) is 4.21. The molecule has 1 aromatic carbocycles. The van der Waals surface area contributed by atoms with Crippen LogP contribution in [0, 0.1) is 6.92 Å². The Bertz CT molecular complexity index is 749. The molecule has 0 aliphatic rings. The van der Waals surface area contributed by atoms with Gasteiger partial charge < -0.3 is 4.74 Å². The summed E-state index contributed by atoms with van der Waals surface area (Å²) in [6, 6.07) is 10.1. The first-order valence-electron chi connectivity index (χ1n) is 7.52. The molecular formula is C18H20N3O. The Morgan fingerprint density at radius 2 is 2.05 bits per heavy atom. The predicted octanol–water partition coefficient (Wildman–Crippen LogP) is 4.03. The fourth-order valence-electron chi connectivity index (χ4n) is 2.66. The van der Waals surface area contributed by atoms with E-state index in [1.807, 2.05) is 49.1 Å². The third-order valence-electron chi connectivity index (χ3n) is 3.58. The molecule has 0 aliphatic carbocycles. The van der Waals surface area contributed by atoms with E-state index in [1.165, 1.54) is 0 Å². The van der Waals surface area contributed by atoms with Crippen LogP contribution in [0.15, 0.2) is 48.9 Å². The summed E-state index contributed by atoms with van der Waals surface area (Å²) in [5.74, 6) is 0.854. The van der Waals surface area contributed by atoms with E-state index in [0.29, 0.717) is 6.42 Å². The van der Waals surface area contributed by atoms with Gasteiger partial charge in [-0.1, -0.05) is 25.1 Å². The van der Waals surface area contributed by atoms with Crippen LogP contribution in [0.3, 0.4) is 0 Å². The Hall–Kier alpha value is -2.36. The number of hydrogen-bond acceptors (Lipinski definition) is 3. The Balaban J connectivity index is 2.13. The number of aromatic nitrogens is 3. The molecule has 4 nitrogen and oxygen atoms in total. The maximum atomic E-state index is 5.96. The second-order valence-corrected chi connectivity index (χ2v) is 5.54. The number of ether oxygens (including phenoxy) is 1. The van der Waals surface area contributed by atoms with Crippen molar-refractivity contribution in [3.05, 3.63) is 61.4 Å². The van der Waals surface area contributed by atoms with E-state index in [-0.39, 0.29) is 12.1 Å². The average Bonchev–Trinajstić information content (AvgIpc) is 2.94. The van der Waals surface area contributed by atoms with Crippen molar-refractivity contribution in [3.8, 4) is 5.75 Å². The van der Waals surface area contributed by atoms with E-state index in [0.717, 1.165) is 22.2 Å². The summed E-state index contributed by atoms with van der Waals surface area (Å²) < 4.78 is 7.96. The minimum absolute atomic E-state index is 0.0445. The molecule has 3 rings (SSSR count). The Kier molecular flexibility index (Phi) is 4.09. The first-order valence-corrected chi connectivity index (χ1v) is 7.52. The number of hydrogen-bond donors (Lipinski definition) is 0. The molecule has 0 fully saturated rings. The number of rotatable bonds is 5. The van der Waals surface area contributed by atoms with Crippen molar-refractivity contribution in [2.24, 2.45) is 0 Å². The van der Waals surface area contributed by atoms with Gasteiger partial charge in [0.15, 0.2) is 0 Å². The van der Waals surface area contributed by atoms with Gasteiger partial charge in [0.05, 0.1) is 18.3 Å². The van der Waals surface area contributed by atoms with Crippen LogP contribution in [0.4, 0.5) is 0 Å². The third-order valence-corrected chi connectivity index (χ3v) is 3.58. The SMILES string of the molecule is [CH2]CC(c1cccnc1)n1ncc2cccc(OC(C)C)c21. The van der Waals surface area contributed by atoms with E-state index in [4.69, 9.17) is 4.74 Å². The van der Waals surface area contributed by atoms with Crippen LogP contribution in [0.1, 0.15) is 31.9 Å². The normalized spacial score (nSPS) is 12.7. The molecule has 2 aromatic heterocycles. The van der Waals surface area contributed by atoms with Gasteiger partial charge in [0.2, 0.25) is 0 Å². The van der Waals surface area contributed by atoms with E-state index < -0.39 is 0 Å². The Morgan fingerprint density at radius 3 is 2.73 bits per heavy atom. The summed E-state index contributed by atoms with van der Waals surface area (Å²) in [7, 11) is 0. The molecule has 1 atom stereocenters. The zero-order valence-electron chi connectivity index (χ0n) is 12.9. The second kappa shape index (κ2) is 6.18. The summed E-state index contributed by atoms with van der Waals surface area (Å²) in [5, 5.41) is 5.65. The molecule has 0 N–H and O–H groups in total. The molecular weight excluding hydrogens is 274 g/mol. The minimum Gasteiger partial charge on any atom is -0.489 e. The van der Waals surface area contributed by atoms with Crippen molar-refractivity contribution in [1.82, 2.24) is 14.8 Å². The van der Waals surface area contributed by atoms with Gasteiger partial charge in [-0.25, -0.2) is 0 Å². The quantitative estimate of drug-likeness (QED) is 0.713. The third kappa shape index (κ3) is 2.69. The van der Waals surface area contributed by atoms with Crippen LogP contribution in [0.2, 0.25) is 0 Å². The van der Waals surface area contributed by atoms with Crippen LogP contribution >= 0.6 is 0 Å². The van der Waals surface area contributed by atoms with Crippen molar-refractivity contribution < 1.29 is 4.74 Å². The van der Waals surface area contributed by atoms with Crippen molar-refractivity contribution >= 4 is 10.9 Å². The number of nitrogens with zero attached hydrogens (tertiary/aromatic N) is 3. The Morgan fingerprint density at radius 1 is 1.18 bits per heavy atom. The fourth-order valence-corrected chi connectivity index (χ4v) is 2.66. The van der Waals surface area contributed by atoms with Gasteiger partial charge >= 0.3 is 0 Å². The average molecular weight is 294 g/mol. The van der Waals surface area contributed by atoms with Crippen molar-refractivity contribution in [3.63, 3.8) is 0 Å². The van der Waals surface area contributed by atoms with E-state index in [1.54, 1.807) is 6.20 Å². The highest BCUT2D eigenvalue weighted by Crippen LogP contribution is 2.31. The lowest BCUT2D eigenvalue weighted by molar-refractivity contribution is 0.244. The van der Waals surface area contributed by atoms with Gasteiger partial charge in [0.1, 0.15) is 11.3 Å². The molecule has 1 radical (unpaired) electrons. The smallest absolute Gasteiger partial charge is 0.145 e. The van der Waals surface area contributed by atoms with E-state index >= 15 is 0 Å². The number of para-hydroxylation sites is 1. The van der Waals surface area contributed by atoms with Crippen molar-refractivity contribution in [2.45, 2.75) is 32.4 Å². The zero-order valence-corrected chi connectivity index (χ0v) is 12.9. The van der Waals surface area contributed by atoms with Gasteiger partial charge in [0, 0.05) is 17.8 Å². The molecule has 2 heterocycles. The lowest BCUT2D eigenvalue weighted by atomic mass is 10.1. The van der Waals surface area contributed by atoms with Crippen molar-refractivity contribution in [1.29, 1.82) is 0 Å². The topological polar surface area (TPSA) is 39.9 Å². The largest absolute Gasteiger partial charge is 0.489 e. The summed E-state index contributed by atoms with van der Waals surface area (Å²) in [6.07, 6.45) is 6.33. The van der Waals surface area contributed by atoms with Crippen LogP contribution in [-0.2, 0) is 0 Å². The highest BCUT2D eigenvalue weighted by Gasteiger charge is 2.18. The van der Waals surface area contributed by atoms with Gasteiger partial charge in [-0.15, -0.1) is 0 Å². The molecule has 113 valence electrons. The molecule has 0 saturated carbocycles. The summed E-state index contributed by atoms with van der Waals surface area (Å²) >= 11 is 0. The number of fused-ring (bicyclic) bond motifs is 1.